The number of benzene rings is 1. The van der Waals surface area contributed by atoms with Gasteiger partial charge in [-0.15, -0.1) is 0 Å². The second kappa shape index (κ2) is 4.77. The fourth-order valence-corrected chi connectivity index (χ4v) is 3.09. The maximum Gasteiger partial charge on any atom is 0.253 e. The number of carbonyl (C=O) groups is 1. The highest BCUT2D eigenvalue weighted by atomic mass is 16.5. The van der Waals surface area contributed by atoms with Crippen molar-refractivity contribution in [3.63, 3.8) is 0 Å². The fraction of sp³-hybridized carbons (Fsp3) is 0.562. The van der Waals surface area contributed by atoms with E-state index in [1.165, 1.54) is 0 Å². The molecule has 2 unspecified atom stereocenters. The summed E-state index contributed by atoms with van der Waals surface area (Å²) in [5.41, 5.74) is 6.73. The predicted molar refractivity (Wildman–Crippen MR) is 80.5 cm³/mol. The highest BCUT2D eigenvalue weighted by molar-refractivity contribution is 5.95. The van der Waals surface area contributed by atoms with Crippen molar-refractivity contribution in [2.75, 3.05) is 19.9 Å². The third-order valence-corrected chi connectivity index (χ3v) is 5.15. The van der Waals surface area contributed by atoms with Gasteiger partial charge in [-0.1, -0.05) is 19.9 Å². The first-order valence-corrected chi connectivity index (χ1v) is 6.91. The lowest BCUT2D eigenvalue weighted by Gasteiger charge is -2.61. The van der Waals surface area contributed by atoms with E-state index in [0.717, 1.165) is 6.42 Å². The molecule has 1 fully saturated rings. The Balaban J connectivity index is 2.18. The van der Waals surface area contributed by atoms with Crippen LogP contribution in [0, 0.1) is 5.41 Å². The van der Waals surface area contributed by atoms with Crippen LogP contribution in [0.2, 0.25) is 0 Å². The number of nitrogens with zero attached hydrogens (tertiary/aromatic N) is 1. The molecule has 0 aliphatic heterocycles. The van der Waals surface area contributed by atoms with Crippen molar-refractivity contribution in [1.29, 1.82) is 0 Å². The fourth-order valence-electron chi connectivity index (χ4n) is 3.09. The number of anilines is 1. The van der Waals surface area contributed by atoms with E-state index in [0.29, 0.717) is 11.3 Å². The van der Waals surface area contributed by atoms with Gasteiger partial charge in [0.05, 0.1) is 5.60 Å². The van der Waals surface area contributed by atoms with E-state index in [1.807, 2.05) is 18.0 Å². The molecule has 4 heteroatoms. The quantitative estimate of drug-likeness (QED) is 0.863. The highest BCUT2D eigenvalue weighted by Gasteiger charge is 2.59. The average Bonchev–Trinajstić information content (AvgIpc) is 2.42. The third-order valence-electron chi connectivity index (χ3n) is 5.15. The summed E-state index contributed by atoms with van der Waals surface area (Å²) >= 11 is 0. The zero-order chi connectivity index (χ0) is 15.1. The van der Waals surface area contributed by atoms with Gasteiger partial charge in [0.1, 0.15) is 0 Å². The van der Waals surface area contributed by atoms with Gasteiger partial charge < -0.3 is 15.4 Å². The van der Waals surface area contributed by atoms with E-state index in [4.69, 9.17) is 10.5 Å². The van der Waals surface area contributed by atoms with Gasteiger partial charge >= 0.3 is 0 Å². The maximum absolute atomic E-state index is 12.5. The normalized spacial score (nSPS) is 27.8. The first-order chi connectivity index (χ1) is 9.23. The minimum Gasteiger partial charge on any atom is -0.399 e. The molecule has 2 N–H and O–H groups in total. The van der Waals surface area contributed by atoms with E-state index < -0.39 is 0 Å². The number of rotatable bonds is 3. The third kappa shape index (κ3) is 2.08. The largest absolute Gasteiger partial charge is 0.399 e. The number of nitrogen functional groups attached to an aromatic ring is 1. The van der Waals surface area contributed by atoms with Crippen molar-refractivity contribution < 1.29 is 9.53 Å². The standard InChI is InChI=1S/C16H24N2O2/c1-15(2)13(10-16(15,3)20-5)18(4)14(19)11-7-6-8-12(17)9-11/h6-9,13H,10,17H2,1-5H3. The molecule has 1 saturated carbocycles. The van der Waals surface area contributed by atoms with Crippen LogP contribution in [0.1, 0.15) is 37.6 Å². The first kappa shape index (κ1) is 14.9. The van der Waals surface area contributed by atoms with Gasteiger partial charge in [0, 0.05) is 36.9 Å². The van der Waals surface area contributed by atoms with Crippen LogP contribution < -0.4 is 5.73 Å². The molecule has 0 spiro atoms. The molecule has 0 heterocycles. The van der Waals surface area contributed by atoms with Gasteiger partial charge in [-0.25, -0.2) is 0 Å². The summed E-state index contributed by atoms with van der Waals surface area (Å²) in [5.74, 6) is 0.00790. The van der Waals surface area contributed by atoms with Crippen LogP contribution in [-0.4, -0.2) is 36.6 Å². The molecule has 1 aliphatic carbocycles. The van der Waals surface area contributed by atoms with Crippen molar-refractivity contribution >= 4 is 11.6 Å². The number of carbonyl (C=O) groups excluding carboxylic acids is 1. The monoisotopic (exact) mass is 276 g/mol. The van der Waals surface area contributed by atoms with Gasteiger partial charge in [-0.05, 0) is 31.5 Å². The second-order valence-corrected chi connectivity index (χ2v) is 6.42. The average molecular weight is 276 g/mol. The summed E-state index contributed by atoms with van der Waals surface area (Å²) in [5, 5.41) is 0. The molecule has 2 rings (SSSR count). The van der Waals surface area contributed by atoms with Crippen molar-refractivity contribution in [1.82, 2.24) is 4.90 Å². The summed E-state index contributed by atoms with van der Waals surface area (Å²) < 4.78 is 5.62. The summed E-state index contributed by atoms with van der Waals surface area (Å²) in [6.07, 6.45) is 0.848. The maximum atomic E-state index is 12.5. The molecule has 1 aliphatic rings. The van der Waals surface area contributed by atoms with E-state index >= 15 is 0 Å². The van der Waals surface area contributed by atoms with Gasteiger partial charge in [-0.3, -0.25) is 4.79 Å². The Kier molecular flexibility index (Phi) is 3.54. The van der Waals surface area contributed by atoms with Crippen LogP contribution in [-0.2, 0) is 4.74 Å². The highest BCUT2D eigenvalue weighted by Crippen LogP contribution is 2.53. The molecule has 2 atom stereocenters. The van der Waals surface area contributed by atoms with Crippen molar-refractivity contribution in [3.05, 3.63) is 29.8 Å². The smallest absolute Gasteiger partial charge is 0.253 e. The van der Waals surface area contributed by atoms with Crippen molar-refractivity contribution in [3.8, 4) is 0 Å². The Morgan fingerprint density at radius 1 is 1.40 bits per heavy atom. The lowest BCUT2D eigenvalue weighted by Crippen LogP contribution is -2.68. The molecule has 20 heavy (non-hydrogen) atoms. The number of methoxy groups -OCH3 is 1. The minimum absolute atomic E-state index is 0.00790. The Labute approximate surface area is 120 Å². The van der Waals surface area contributed by atoms with Crippen molar-refractivity contribution in [2.45, 2.75) is 38.8 Å². The molecule has 0 aromatic heterocycles. The number of ether oxygens (including phenoxy) is 1. The topological polar surface area (TPSA) is 55.6 Å². The summed E-state index contributed by atoms with van der Waals surface area (Å²) in [6.45, 7) is 6.39. The van der Waals surface area contributed by atoms with Crippen LogP contribution in [0.3, 0.4) is 0 Å². The summed E-state index contributed by atoms with van der Waals surface area (Å²) in [6, 6.07) is 7.28. The number of hydrogen-bond donors (Lipinski definition) is 1. The van der Waals surface area contributed by atoms with E-state index in [1.54, 1.807) is 25.3 Å². The molecular formula is C16H24N2O2. The second-order valence-electron chi connectivity index (χ2n) is 6.42. The van der Waals surface area contributed by atoms with E-state index in [9.17, 15) is 4.79 Å². The van der Waals surface area contributed by atoms with Crippen LogP contribution in [0.15, 0.2) is 24.3 Å². The zero-order valence-electron chi connectivity index (χ0n) is 12.9. The van der Waals surface area contributed by atoms with Gasteiger partial charge in [0.25, 0.3) is 5.91 Å². The zero-order valence-corrected chi connectivity index (χ0v) is 12.9. The van der Waals surface area contributed by atoms with Gasteiger partial charge in [0.15, 0.2) is 0 Å². The molecule has 1 aromatic rings. The molecule has 0 radical (unpaired) electrons. The number of nitrogens with two attached hydrogens (primary N) is 1. The first-order valence-electron chi connectivity index (χ1n) is 6.91. The number of hydrogen-bond acceptors (Lipinski definition) is 3. The molecule has 0 saturated heterocycles. The predicted octanol–water partition coefficient (Wildman–Crippen LogP) is 2.54. The van der Waals surface area contributed by atoms with Gasteiger partial charge in [-0.2, -0.15) is 0 Å². The molecule has 1 aromatic carbocycles. The molecule has 1 amide bonds. The van der Waals surface area contributed by atoms with Crippen molar-refractivity contribution in [2.24, 2.45) is 5.41 Å². The lowest BCUT2D eigenvalue weighted by molar-refractivity contribution is -0.198. The number of amides is 1. The Morgan fingerprint density at radius 2 is 2.05 bits per heavy atom. The molecule has 0 bridgehead atoms. The molecule has 4 nitrogen and oxygen atoms in total. The van der Waals surface area contributed by atoms with Gasteiger partial charge in [0.2, 0.25) is 0 Å². The Bertz CT molecular complexity index is 527. The SMILES string of the molecule is COC1(C)CC(N(C)C(=O)c2cccc(N)c2)C1(C)C. The minimum atomic E-state index is -0.179. The van der Waals surface area contributed by atoms with E-state index in [2.05, 4.69) is 20.8 Å². The van der Waals surface area contributed by atoms with Crippen LogP contribution in [0.5, 0.6) is 0 Å². The molecular weight excluding hydrogens is 252 g/mol. The lowest BCUT2D eigenvalue weighted by atomic mass is 9.55. The molecule has 110 valence electrons. The summed E-state index contributed by atoms with van der Waals surface area (Å²) in [4.78, 5) is 14.4. The summed E-state index contributed by atoms with van der Waals surface area (Å²) in [7, 11) is 3.59. The van der Waals surface area contributed by atoms with Crippen LogP contribution >= 0.6 is 0 Å². The van der Waals surface area contributed by atoms with Crippen LogP contribution in [0.25, 0.3) is 0 Å². The van der Waals surface area contributed by atoms with E-state index in [-0.39, 0.29) is 23.0 Å². The Morgan fingerprint density at radius 3 is 2.55 bits per heavy atom. The van der Waals surface area contributed by atoms with Crippen LogP contribution in [0.4, 0.5) is 5.69 Å². The Hall–Kier alpha value is -1.55.